The van der Waals surface area contributed by atoms with E-state index in [1.165, 1.54) is 6.07 Å². The number of thioether (sulfide) groups is 1. The number of phenolic OH excluding ortho intramolecular Hbond substituents is 1. The number of hydrogen-bond acceptors (Lipinski definition) is 5. The van der Waals surface area contributed by atoms with Crippen LogP contribution in [0.15, 0.2) is 23.1 Å². The summed E-state index contributed by atoms with van der Waals surface area (Å²) in [4.78, 5) is 11.9. The predicted molar refractivity (Wildman–Crippen MR) is 70.7 cm³/mol. The number of phenols is 1. The fourth-order valence-corrected chi connectivity index (χ4v) is 2.19. The summed E-state index contributed by atoms with van der Waals surface area (Å²) in [7, 11) is 0. The molecular weight excluding hydrogens is 252 g/mol. The molecule has 1 heterocycles. The number of benzene rings is 1. The second-order valence-electron chi connectivity index (χ2n) is 3.55. The summed E-state index contributed by atoms with van der Waals surface area (Å²) in [5.41, 5.74) is 0.739. The zero-order valence-electron chi connectivity index (χ0n) is 9.69. The molecule has 0 aromatic heterocycles. The first-order chi connectivity index (χ1) is 8.60. The summed E-state index contributed by atoms with van der Waals surface area (Å²) in [6.45, 7) is 2.28. The van der Waals surface area contributed by atoms with Crippen molar-refractivity contribution in [2.45, 2.75) is 6.92 Å². The molecule has 1 aliphatic rings. The Bertz CT molecular complexity index is 540. The van der Waals surface area contributed by atoms with E-state index >= 15 is 0 Å². The SMILES string of the molecule is CCOc1cc(/C=C2/SC(=N)NC2=O)ccc1O. The topological polar surface area (TPSA) is 82.4 Å². The minimum absolute atomic E-state index is 0.0651. The molecule has 1 saturated heterocycles. The van der Waals surface area contributed by atoms with E-state index in [-0.39, 0.29) is 16.8 Å². The number of carbonyl (C=O) groups excluding carboxylic acids is 1. The van der Waals surface area contributed by atoms with Crippen molar-refractivity contribution in [3.8, 4) is 11.5 Å². The van der Waals surface area contributed by atoms with E-state index in [2.05, 4.69) is 5.32 Å². The van der Waals surface area contributed by atoms with Crippen molar-refractivity contribution in [2.75, 3.05) is 6.61 Å². The minimum Gasteiger partial charge on any atom is -0.504 e. The van der Waals surface area contributed by atoms with E-state index in [0.29, 0.717) is 17.3 Å². The normalized spacial score (nSPS) is 17.1. The van der Waals surface area contributed by atoms with Gasteiger partial charge in [0.15, 0.2) is 16.7 Å². The fourth-order valence-electron chi connectivity index (χ4n) is 1.48. The first-order valence-corrected chi connectivity index (χ1v) is 6.17. The van der Waals surface area contributed by atoms with Crippen molar-refractivity contribution in [3.63, 3.8) is 0 Å². The van der Waals surface area contributed by atoms with E-state index in [4.69, 9.17) is 10.1 Å². The molecular formula is C12H12N2O3S. The fraction of sp³-hybridized carbons (Fsp3) is 0.167. The van der Waals surface area contributed by atoms with Crippen LogP contribution in [0.3, 0.4) is 0 Å². The number of aromatic hydroxyl groups is 1. The van der Waals surface area contributed by atoms with Crippen LogP contribution in [0, 0.1) is 5.41 Å². The molecule has 0 aliphatic carbocycles. The molecule has 2 rings (SSSR count). The van der Waals surface area contributed by atoms with Crippen LogP contribution in [-0.2, 0) is 4.79 Å². The number of amidine groups is 1. The van der Waals surface area contributed by atoms with Crippen LogP contribution < -0.4 is 10.1 Å². The summed E-state index contributed by atoms with van der Waals surface area (Å²) in [5.74, 6) is 0.164. The Morgan fingerprint density at radius 2 is 2.33 bits per heavy atom. The van der Waals surface area contributed by atoms with Gasteiger partial charge in [0.25, 0.3) is 5.91 Å². The molecule has 0 unspecified atom stereocenters. The van der Waals surface area contributed by atoms with E-state index in [9.17, 15) is 9.90 Å². The molecule has 0 atom stereocenters. The van der Waals surface area contributed by atoms with Gasteiger partial charge in [-0.25, -0.2) is 0 Å². The third-order valence-corrected chi connectivity index (χ3v) is 3.07. The lowest BCUT2D eigenvalue weighted by Crippen LogP contribution is -2.18. The van der Waals surface area contributed by atoms with Crippen molar-refractivity contribution in [1.82, 2.24) is 5.32 Å². The quantitative estimate of drug-likeness (QED) is 0.728. The van der Waals surface area contributed by atoms with Crippen molar-refractivity contribution < 1.29 is 14.6 Å². The standard InChI is InChI=1S/C12H12N2O3S/c1-2-17-9-5-7(3-4-8(9)15)6-10-11(16)14-12(13)18-10/h3-6,15H,2H2,1H3,(H2,13,14,16)/b10-6+. The van der Waals surface area contributed by atoms with Gasteiger partial charge in [0.1, 0.15) is 0 Å². The Morgan fingerprint density at radius 1 is 1.56 bits per heavy atom. The van der Waals surface area contributed by atoms with Crippen LogP contribution >= 0.6 is 11.8 Å². The third-order valence-electron chi connectivity index (χ3n) is 2.24. The van der Waals surface area contributed by atoms with E-state index < -0.39 is 0 Å². The second-order valence-corrected chi connectivity index (χ2v) is 4.61. The van der Waals surface area contributed by atoms with E-state index in [0.717, 1.165) is 17.3 Å². The second kappa shape index (κ2) is 5.14. The molecule has 6 heteroatoms. The number of nitrogens with one attached hydrogen (secondary N) is 2. The lowest BCUT2D eigenvalue weighted by Gasteiger charge is -2.06. The lowest BCUT2D eigenvalue weighted by atomic mass is 10.2. The van der Waals surface area contributed by atoms with Gasteiger partial charge < -0.3 is 15.2 Å². The van der Waals surface area contributed by atoms with Crippen LogP contribution in [0.2, 0.25) is 0 Å². The molecule has 5 nitrogen and oxygen atoms in total. The van der Waals surface area contributed by atoms with Crippen molar-refractivity contribution in [3.05, 3.63) is 28.7 Å². The third kappa shape index (κ3) is 2.65. The molecule has 0 spiro atoms. The van der Waals surface area contributed by atoms with Crippen LogP contribution in [0.25, 0.3) is 6.08 Å². The van der Waals surface area contributed by atoms with Crippen LogP contribution in [0.5, 0.6) is 11.5 Å². The van der Waals surface area contributed by atoms with Crippen LogP contribution in [0.4, 0.5) is 0 Å². The highest BCUT2D eigenvalue weighted by molar-refractivity contribution is 8.18. The molecule has 0 radical (unpaired) electrons. The maximum Gasteiger partial charge on any atom is 0.264 e. The monoisotopic (exact) mass is 264 g/mol. The van der Waals surface area contributed by atoms with Gasteiger partial charge in [-0.1, -0.05) is 6.07 Å². The first kappa shape index (κ1) is 12.5. The smallest absolute Gasteiger partial charge is 0.264 e. The van der Waals surface area contributed by atoms with Crippen LogP contribution in [-0.4, -0.2) is 22.8 Å². The molecule has 18 heavy (non-hydrogen) atoms. The largest absolute Gasteiger partial charge is 0.504 e. The maximum atomic E-state index is 11.4. The zero-order chi connectivity index (χ0) is 13.1. The minimum atomic E-state index is -0.281. The van der Waals surface area contributed by atoms with Crippen molar-refractivity contribution >= 4 is 28.9 Å². The maximum absolute atomic E-state index is 11.4. The van der Waals surface area contributed by atoms with Gasteiger partial charge in [-0.05, 0) is 42.5 Å². The zero-order valence-corrected chi connectivity index (χ0v) is 10.5. The molecule has 1 aromatic rings. The summed E-state index contributed by atoms with van der Waals surface area (Å²) >= 11 is 1.07. The lowest BCUT2D eigenvalue weighted by molar-refractivity contribution is -0.115. The summed E-state index contributed by atoms with van der Waals surface area (Å²) in [5, 5.41) is 19.4. The number of amides is 1. The van der Waals surface area contributed by atoms with E-state index in [1.54, 1.807) is 18.2 Å². The number of rotatable bonds is 3. The molecule has 1 amide bonds. The first-order valence-electron chi connectivity index (χ1n) is 5.35. The Hall–Kier alpha value is -1.95. The molecule has 0 saturated carbocycles. The highest BCUT2D eigenvalue weighted by Crippen LogP contribution is 2.30. The van der Waals surface area contributed by atoms with Gasteiger partial charge in [0.2, 0.25) is 0 Å². The van der Waals surface area contributed by atoms with E-state index in [1.807, 2.05) is 6.92 Å². The van der Waals surface area contributed by atoms with Crippen LogP contribution in [0.1, 0.15) is 12.5 Å². The van der Waals surface area contributed by atoms with Gasteiger partial charge in [0.05, 0.1) is 11.5 Å². The Labute approximate surface area is 108 Å². The summed E-state index contributed by atoms with van der Waals surface area (Å²) in [6, 6.07) is 4.85. The highest BCUT2D eigenvalue weighted by atomic mass is 32.2. The van der Waals surface area contributed by atoms with Crippen molar-refractivity contribution in [2.24, 2.45) is 0 Å². The molecule has 94 valence electrons. The highest BCUT2D eigenvalue weighted by Gasteiger charge is 2.22. The molecule has 1 aliphatic heterocycles. The predicted octanol–water partition coefficient (Wildman–Crippen LogP) is 1.93. The summed E-state index contributed by atoms with van der Waals surface area (Å²) in [6.07, 6.45) is 1.66. The molecule has 3 N–H and O–H groups in total. The number of carbonyl (C=O) groups is 1. The molecule has 0 bridgehead atoms. The van der Waals surface area contributed by atoms with Gasteiger partial charge >= 0.3 is 0 Å². The average molecular weight is 264 g/mol. The average Bonchev–Trinajstić information content (AvgIpc) is 2.62. The number of hydrogen-bond donors (Lipinski definition) is 3. The van der Waals surface area contributed by atoms with Gasteiger partial charge in [0, 0.05) is 0 Å². The molecule has 1 fully saturated rings. The Morgan fingerprint density at radius 3 is 2.94 bits per heavy atom. The summed E-state index contributed by atoms with van der Waals surface area (Å²) < 4.78 is 5.26. The van der Waals surface area contributed by atoms with Gasteiger partial charge in [-0.2, -0.15) is 0 Å². The molecule has 1 aromatic carbocycles. The number of ether oxygens (including phenoxy) is 1. The Balaban J connectivity index is 2.29. The van der Waals surface area contributed by atoms with Gasteiger partial charge in [-0.3, -0.25) is 10.2 Å². The van der Waals surface area contributed by atoms with Gasteiger partial charge in [-0.15, -0.1) is 0 Å². The Kier molecular flexibility index (Phi) is 3.57. The van der Waals surface area contributed by atoms with Crippen molar-refractivity contribution in [1.29, 1.82) is 5.41 Å².